The summed E-state index contributed by atoms with van der Waals surface area (Å²) >= 11 is 5.49. The lowest BCUT2D eigenvalue weighted by atomic mass is 10.2. The summed E-state index contributed by atoms with van der Waals surface area (Å²) in [5.41, 5.74) is 1.82. The Labute approximate surface area is 117 Å². The molecule has 0 atom stereocenters. The molecule has 2 heterocycles. The lowest BCUT2D eigenvalue weighted by molar-refractivity contribution is 0.428. The molecule has 2 aromatic rings. The third-order valence-electron chi connectivity index (χ3n) is 3.51. The van der Waals surface area contributed by atoms with Gasteiger partial charge in [0, 0.05) is 24.2 Å². The molecule has 0 radical (unpaired) electrons. The Morgan fingerprint density at radius 2 is 2.00 bits per heavy atom. The molecule has 0 aliphatic carbocycles. The summed E-state index contributed by atoms with van der Waals surface area (Å²) in [6.07, 6.45) is 6.72. The van der Waals surface area contributed by atoms with E-state index in [1.807, 2.05) is 18.2 Å². The average molecular weight is 275 g/mol. The summed E-state index contributed by atoms with van der Waals surface area (Å²) in [5.74, 6) is 0. The predicted molar refractivity (Wildman–Crippen MR) is 80.3 cm³/mol. The summed E-state index contributed by atoms with van der Waals surface area (Å²) < 4.78 is 4.94. The Morgan fingerprint density at radius 3 is 2.79 bits per heavy atom. The van der Waals surface area contributed by atoms with E-state index in [0.29, 0.717) is 0 Å². The highest BCUT2D eigenvalue weighted by Gasteiger charge is 2.12. The predicted octanol–water partition coefficient (Wildman–Crippen LogP) is 3.40. The first-order valence-corrected chi connectivity index (χ1v) is 7.14. The number of fused-ring (bicyclic) bond motifs is 1. The van der Waals surface area contributed by atoms with Gasteiger partial charge in [0.1, 0.15) is 11.8 Å². The molecule has 1 saturated heterocycles. The minimum absolute atomic E-state index is 0.810. The topological polar surface area (TPSA) is 41.3 Å². The molecule has 0 amide bonds. The van der Waals surface area contributed by atoms with E-state index in [9.17, 15) is 0 Å². The smallest absolute Gasteiger partial charge is 0.173 e. The molecule has 0 saturated carbocycles. The molecule has 0 bridgehead atoms. The Bertz CT molecular complexity index is 573. The monoisotopic (exact) mass is 275 g/mol. The first-order chi connectivity index (χ1) is 9.33. The maximum absolute atomic E-state index is 5.49. The first kappa shape index (κ1) is 12.4. The number of benzene rings is 1. The van der Waals surface area contributed by atoms with E-state index < -0.39 is 0 Å². The van der Waals surface area contributed by atoms with Gasteiger partial charge in [-0.3, -0.25) is 0 Å². The van der Waals surface area contributed by atoms with Crippen LogP contribution >= 0.6 is 12.2 Å². The number of aromatic nitrogens is 1. The molecule has 100 valence electrons. The molecule has 1 aliphatic rings. The summed E-state index contributed by atoms with van der Waals surface area (Å²) in [5, 5.41) is 9.06. The normalized spacial score (nSPS) is 16.3. The second kappa shape index (κ2) is 5.57. The van der Waals surface area contributed by atoms with E-state index in [2.05, 4.69) is 15.4 Å². The van der Waals surface area contributed by atoms with Crippen LogP contribution in [0.2, 0.25) is 0 Å². The van der Waals surface area contributed by atoms with Gasteiger partial charge in [-0.05, 0) is 43.3 Å². The van der Waals surface area contributed by atoms with Crippen molar-refractivity contribution in [2.75, 3.05) is 18.4 Å². The molecule has 4 nitrogen and oxygen atoms in total. The van der Waals surface area contributed by atoms with E-state index in [1.165, 1.54) is 25.7 Å². The maximum Gasteiger partial charge on any atom is 0.173 e. The van der Waals surface area contributed by atoms with E-state index in [0.717, 1.165) is 34.8 Å². The second-order valence-electron chi connectivity index (χ2n) is 4.92. The van der Waals surface area contributed by atoms with Gasteiger partial charge in [0.2, 0.25) is 0 Å². The number of hydrogen-bond acceptors (Lipinski definition) is 3. The number of nitrogens with zero attached hydrogens (tertiary/aromatic N) is 2. The largest absolute Gasteiger partial charge is 0.364 e. The summed E-state index contributed by atoms with van der Waals surface area (Å²) in [6.45, 7) is 2.11. The molecule has 1 fully saturated rings. The summed E-state index contributed by atoms with van der Waals surface area (Å²) in [6, 6.07) is 5.95. The second-order valence-corrected chi connectivity index (χ2v) is 5.31. The fourth-order valence-corrected chi connectivity index (χ4v) is 2.72. The molecule has 1 N–H and O–H groups in total. The van der Waals surface area contributed by atoms with Gasteiger partial charge < -0.3 is 14.7 Å². The highest BCUT2D eigenvalue weighted by Crippen LogP contribution is 2.18. The van der Waals surface area contributed by atoms with Gasteiger partial charge in [-0.2, -0.15) is 0 Å². The molecule has 1 aromatic carbocycles. The van der Waals surface area contributed by atoms with E-state index in [-0.39, 0.29) is 0 Å². The van der Waals surface area contributed by atoms with Crippen LogP contribution in [0, 0.1) is 0 Å². The molecule has 0 unspecified atom stereocenters. The summed E-state index contributed by atoms with van der Waals surface area (Å²) in [7, 11) is 0. The van der Waals surface area contributed by atoms with Crippen molar-refractivity contribution in [1.29, 1.82) is 0 Å². The number of hydrogen-bond donors (Lipinski definition) is 1. The standard InChI is InChI=1S/C14H17N3OS/c19-14(17-7-3-1-2-4-8-17)15-12-6-5-11-10-18-16-13(11)9-12/h5-6,9-10H,1-4,7-8H2,(H,15,19). The van der Waals surface area contributed by atoms with Gasteiger partial charge in [-0.15, -0.1) is 0 Å². The van der Waals surface area contributed by atoms with Crippen molar-refractivity contribution in [2.45, 2.75) is 25.7 Å². The molecule has 1 aromatic heterocycles. The molecule has 19 heavy (non-hydrogen) atoms. The third kappa shape index (κ3) is 2.87. The van der Waals surface area contributed by atoms with Crippen LogP contribution in [0.15, 0.2) is 29.0 Å². The molecule has 5 heteroatoms. The van der Waals surface area contributed by atoms with Crippen molar-refractivity contribution in [3.05, 3.63) is 24.5 Å². The number of anilines is 1. The van der Waals surface area contributed by atoms with Crippen molar-refractivity contribution >= 4 is 33.9 Å². The molecule has 3 rings (SSSR count). The van der Waals surface area contributed by atoms with Crippen molar-refractivity contribution in [3.8, 4) is 0 Å². The highest BCUT2D eigenvalue weighted by atomic mass is 32.1. The van der Waals surface area contributed by atoms with Gasteiger partial charge in [0.25, 0.3) is 0 Å². The number of rotatable bonds is 1. The Kier molecular flexibility index (Phi) is 3.64. The Hall–Kier alpha value is -1.62. The number of thiocarbonyl (C=S) groups is 1. The van der Waals surface area contributed by atoms with Crippen LogP contribution in [0.5, 0.6) is 0 Å². The first-order valence-electron chi connectivity index (χ1n) is 6.73. The SMILES string of the molecule is S=C(Nc1ccc2conc2c1)N1CCCCCC1. The van der Waals surface area contributed by atoms with Crippen LogP contribution in [0.4, 0.5) is 5.69 Å². The van der Waals surface area contributed by atoms with E-state index in [4.69, 9.17) is 16.7 Å². The van der Waals surface area contributed by atoms with Crippen LogP contribution < -0.4 is 5.32 Å². The maximum atomic E-state index is 5.49. The zero-order chi connectivity index (χ0) is 13.1. The van der Waals surface area contributed by atoms with Gasteiger partial charge >= 0.3 is 0 Å². The Morgan fingerprint density at radius 1 is 1.21 bits per heavy atom. The Balaban J connectivity index is 1.70. The molecular formula is C14H17N3OS. The van der Waals surface area contributed by atoms with Crippen LogP contribution in [0.3, 0.4) is 0 Å². The van der Waals surface area contributed by atoms with Crippen molar-refractivity contribution in [1.82, 2.24) is 10.1 Å². The fourth-order valence-electron chi connectivity index (χ4n) is 2.42. The van der Waals surface area contributed by atoms with Crippen molar-refractivity contribution in [2.24, 2.45) is 0 Å². The lowest BCUT2D eigenvalue weighted by Crippen LogP contribution is -2.35. The van der Waals surface area contributed by atoms with Crippen LogP contribution in [0.1, 0.15) is 25.7 Å². The lowest BCUT2D eigenvalue weighted by Gasteiger charge is -2.23. The van der Waals surface area contributed by atoms with E-state index in [1.54, 1.807) is 6.26 Å². The molecular weight excluding hydrogens is 258 g/mol. The van der Waals surface area contributed by atoms with Gasteiger partial charge in [-0.1, -0.05) is 18.0 Å². The van der Waals surface area contributed by atoms with Crippen LogP contribution in [0.25, 0.3) is 10.9 Å². The van der Waals surface area contributed by atoms with Crippen LogP contribution in [-0.2, 0) is 0 Å². The van der Waals surface area contributed by atoms with Crippen molar-refractivity contribution in [3.63, 3.8) is 0 Å². The van der Waals surface area contributed by atoms with Gasteiger partial charge in [-0.25, -0.2) is 0 Å². The minimum atomic E-state index is 0.810. The quantitative estimate of drug-likeness (QED) is 0.808. The zero-order valence-corrected chi connectivity index (χ0v) is 11.6. The highest BCUT2D eigenvalue weighted by molar-refractivity contribution is 7.80. The minimum Gasteiger partial charge on any atom is -0.364 e. The van der Waals surface area contributed by atoms with Gasteiger partial charge in [0.15, 0.2) is 5.11 Å². The zero-order valence-electron chi connectivity index (χ0n) is 10.8. The average Bonchev–Trinajstić information content (AvgIpc) is 2.71. The van der Waals surface area contributed by atoms with Crippen molar-refractivity contribution < 1.29 is 4.52 Å². The number of likely N-dealkylation sites (tertiary alicyclic amines) is 1. The van der Waals surface area contributed by atoms with Crippen LogP contribution in [-0.4, -0.2) is 28.3 Å². The fraction of sp³-hybridized carbons (Fsp3) is 0.429. The van der Waals surface area contributed by atoms with E-state index >= 15 is 0 Å². The number of nitrogens with one attached hydrogen (secondary N) is 1. The van der Waals surface area contributed by atoms with Gasteiger partial charge in [0.05, 0.1) is 0 Å². The summed E-state index contributed by atoms with van der Waals surface area (Å²) in [4.78, 5) is 2.26. The molecule has 0 spiro atoms. The third-order valence-corrected chi connectivity index (χ3v) is 3.87. The molecule has 1 aliphatic heterocycles.